The summed E-state index contributed by atoms with van der Waals surface area (Å²) < 4.78 is 19.6. The smallest absolute Gasteiger partial charge is 0.242 e. The summed E-state index contributed by atoms with van der Waals surface area (Å²) >= 11 is 0. The normalized spacial score (nSPS) is 11.5. The molecule has 0 aliphatic rings. The number of ether oxygens (including phenoxy) is 1. The molecule has 0 radical (unpaired) electrons. The van der Waals surface area contributed by atoms with Gasteiger partial charge in [-0.2, -0.15) is 0 Å². The fourth-order valence-electron chi connectivity index (χ4n) is 2.68. The standard InChI is InChI=1S/C21H25FN2O3/c1-16(21(26)23-2)24(15-17-9-6-7-12-19(17)22)20(25)13-8-14-27-18-10-4-3-5-11-18/h3-7,9-12,16H,8,13-15H2,1-2H3,(H,23,26)/t16-/m1/s1. The molecule has 6 heteroatoms. The Balaban J connectivity index is 1.98. The van der Waals surface area contributed by atoms with E-state index in [0.29, 0.717) is 18.6 Å². The Morgan fingerprint density at radius 1 is 1.11 bits per heavy atom. The molecule has 0 fully saturated rings. The SMILES string of the molecule is CNC(=O)[C@@H](C)N(Cc1ccccc1F)C(=O)CCCOc1ccccc1. The second kappa shape index (κ2) is 10.3. The maximum absolute atomic E-state index is 14.0. The number of benzene rings is 2. The van der Waals surface area contributed by atoms with E-state index in [2.05, 4.69) is 5.32 Å². The molecular formula is C21H25FN2O3. The van der Waals surface area contributed by atoms with Crippen LogP contribution in [-0.4, -0.2) is 36.4 Å². The molecule has 1 N–H and O–H groups in total. The summed E-state index contributed by atoms with van der Waals surface area (Å²) in [6, 6.07) is 14.9. The molecule has 0 aliphatic heterocycles. The summed E-state index contributed by atoms with van der Waals surface area (Å²) in [6.45, 7) is 2.06. The summed E-state index contributed by atoms with van der Waals surface area (Å²) in [4.78, 5) is 26.1. The van der Waals surface area contributed by atoms with E-state index in [1.165, 1.54) is 18.0 Å². The zero-order chi connectivity index (χ0) is 19.6. The summed E-state index contributed by atoms with van der Waals surface area (Å²) in [6.07, 6.45) is 0.713. The fraction of sp³-hybridized carbons (Fsp3) is 0.333. The van der Waals surface area contributed by atoms with E-state index in [9.17, 15) is 14.0 Å². The fourth-order valence-corrected chi connectivity index (χ4v) is 2.68. The van der Waals surface area contributed by atoms with Crippen LogP contribution >= 0.6 is 0 Å². The molecule has 2 aromatic carbocycles. The number of para-hydroxylation sites is 1. The van der Waals surface area contributed by atoms with Gasteiger partial charge in [0, 0.05) is 25.6 Å². The number of halogens is 1. The van der Waals surface area contributed by atoms with Gasteiger partial charge in [-0.3, -0.25) is 9.59 Å². The Morgan fingerprint density at radius 2 is 1.78 bits per heavy atom. The van der Waals surface area contributed by atoms with Crippen LogP contribution in [0.2, 0.25) is 0 Å². The highest BCUT2D eigenvalue weighted by Crippen LogP contribution is 2.15. The van der Waals surface area contributed by atoms with Crippen LogP contribution in [0, 0.1) is 5.82 Å². The van der Waals surface area contributed by atoms with Crippen LogP contribution in [0.5, 0.6) is 5.75 Å². The summed E-state index contributed by atoms with van der Waals surface area (Å²) in [7, 11) is 1.51. The number of hydrogen-bond donors (Lipinski definition) is 1. The molecule has 5 nitrogen and oxygen atoms in total. The van der Waals surface area contributed by atoms with E-state index in [4.69, 9.17) is 4.74 Å². The molecule has 0 aliphatic carbocycles. The van der Waals surface area contributed by atoms with Crippen molar-refractivity contribution >= 4 is 11.8 Å². The van der Waals surface area contributed by atoms with Crippen molar-refractivity contribution in [2.75, 3.05) is 13.7 Å². The van der Waals surface area contributed by atoms with Gasteiger partial charge < -0.3 is 15.0 Å². The molecular weight excluding hydrogens is 347 g/mol. The molecule has 0 heterocycles. The quantitative estimate of drug-likeness (QED) is 0.688. The second-order valence-corrected chi connectivity index (χ2v) is 6.17. The van der Waals surface area contributed by atoms with Crippen molar-refractivity contribution in [2.24, 2.45) is 0 Å². The maximum Gasteiger partial charge on any atom is 0.242 e. The van der Waals surface area contributed by atoms with E-state index < -0.39 is 11.9 Å². The zero-order valence-electron chi connectivity index (χ0n) is 15.7. The van der Waals surface area contributed by atoms with Gasteiger partial charge in [-0.1, -0.05) is 36.4 Å². The maximum atomic E-state index is 14.0. The van der Waals surface area contributed by atoms with Crippen molar-refractivity contribution in [1.82, 2.24) is 10.2 Å². The molecule has 144 valence electrons. The Labute approximate surface area is 159 Å². The Hall–Kier alpha value is -2.89. The first-order chi connectivity index (χ1) is 13.0. The summed E-state index contributed by atoms with van der Waals surface area (Å²) in [5.74, 6) is -0.162. The zero-order valence-corrected chi connectivity index (χ0v) is 15.7. The van der Waals surface area contributed by atoms with Crippen molar-refractivity contribution in [2.45, 2.75) is 32.4 Å². The van der Waals surface area contributed by atoms with Crippen molar-refractivity contribution in [3.63, 3.8) is 0 Å². The topological polar surface area (TPSA) is 58.6 Å². The Kier molecular flexibility index (Phi) is 7.79. The molecule has 0 bridgehead atoms. The van der Waals surface area contributed by atoms with Crippen molar-refractivity contribution in [1.29, 1.82) is 0 Å². The third-order valence-corrected chi connectivity index (χ3v) is 4.26. The number of carbonyl (C=O) groups is 2. The Morgan fingerprint density at radius 3 is 2.44 bits per heavy atom. The number of amides is 2. The third-order valence-electron chi connectivity index (χ3n) is 4.26. The monoisotopic (exact) mass is 372 g/mol. The molecule has 27 heavy (non-hydrogen) atoms. The van der Waals surface area contributed by atoms with E-state index in [-0.39, 0.29) is 24.8 Å². The van der Waals surface area contributed by atoms with Crippen LogP contribution in [0.25, 0.3) is 0 Å². The first-order valence-corrected chi connectivity index (χ1v) is 8.95. The van der Waals surface area contributed by atoms with E-state index in [1.807, 2.05) is 30.3 Å². The van der Waals surface area contributed by atoms with Crippen molar-refractivity contribution < 1.29 is 18.7 Å². The lowest BCUT2D eigenvalue weighted by atomic mass is 10.1. The van der Waals surface area contributed by atoms with E-state index in [1.54, 1.807) is 25.1 Å². The second-order valence-electron chi connectivity index (χ2n) is 6.17. The number of rotatable bonds is 9. The molecule has 0 spiro atoms. The van der Waals surface area contributed by atoms with Crippen LogP contribution in [0.3, 0.4) is 0 Å². The Bertz CT molecular complexity index is 752. The lowest BCUT2D eigenvalue weighted by Gasteiger charge is -2.28. The van der Waals surface area contributed by atoms with Gasteiger partial charge in [-0.25, -0.2) is 4.39 Å². The number of nitrogens with zero attached hydrogens (tertiary/aromatic N) is 1. The van der Waals surface area contributed by atoms with E-state index in [0.717, 1.165) is 5.75 Å². The average Bonchev–Trinajstić information content (AvgIpc) is 2.70. The van der Waals surface area contributed by atoms with Gasteiger partial charge in [0.25, 0.3) is 0 Å². The van der Waals surface area contributed by atoms with Crippen LogP contribution in [0.1, 0.15) is 25.3 Å². The molecule has 0 aromatic heterocycles. The predicted octanol–water partition coefficient (Wildman–Crippen LogP) is 3.15. The highest BCUT2D eigenvalue weighted by Gasteiger charge is 2.25. The summed E-state index contributed by atoms with van der Waals surface area (Å²) in [5.41, 5.74) is 0.377. The van der Waals surface area contributed by atoms with Crippen LogP contribution in [0.4, 0.5) is 4.39 Å². The van der Waals surface area contributed by atoms with Crippen LogP contribution in [0.15, 0.2) is 54.6 Å². The van der Waals surface area contributed by atoms with Gasteiger partial charge in [-0.05, 0) is 31.5 Å². The molecule has 0 unspecified atom stereocenters. The van der Waals surface area contributed by atoms with Gasteiger partial charge in [0.1, 0.15) is 17.6 Å². The molecule has 2 amide bonds. The molecule has 0 saturated heterocycles. The van der Waals surface area contributed by atoms with Crippen molar-refractivity contribution in [3.05, 3.63) is 66.0 Å². The lowest BCUT2D eigenvalue weighted by Crippen LogP contribution is -2.46. The largest absolute Gasteiger partial charge is 0.494 e. The minimum atomic E-state index is -0.697. The number of likely N-dealkylation sites (N-methyl/N-ethyl adjacent to an activating group) is 1. The van der Waals surface area contributed by atoms with E-state index >= 15 is 0 Å². The first-order valence-electron chi connectivity index (χ1n) is 8.95. The average molecular weight is 372 g/mol. The number of carbonyl (C=O) groups excluding carboxylic acids is 2. The number of nitrogens with one attached hydrogen (secondary N) is 1. The van der Waals surface area contributed by atoms with Gasteiger partial charge in [0.2, 0.25) is 11.8 Å². The third kappa shape index (κ3) is 6.09. The lowest BCUT2D eigenvalue weighted by molar-refractivity contribution is -0.140. The minimum absolute atomic E-state index is 0.0413. The van der Waals surface area contributed by atoms with Crippen LogP contribution < -0.4 is 10.1 Å². The molecule has 1 atom stereocenters. The highest BCUT2D eigenvalue weighted by atomic mass is 19.1. The van der Waals surface area contributed by atoms with Gasteiger partial charge in [0.05, 0.1) is 6.61 Å². The molecule has 0 saturated carbocycles. The van der Waals surface area contributed by atoms with Gasteiger partial charge >= 0.3 is 0 Å². The minimum Gasteiger partial charge on any atom is -0.494 e. The van der Waals surface area contributed by atoms with Crippen molar-refractivity contribution in [3.8, 4) is 5.75 Å². The first kappa shape index (κ1) is 20.4. The van der Waals surface area contributed by atoms with Gasteiger partial charge in [-0.15, -0.1) is 0 Å². The van der Waals surface area contributed by atoms with Crippen LogP contribution in [-0.2, 0) is 16.1 Å². The summed E-state index contributed by atoms with van der Waals surface area (Å²) in [5, 5.41) is 2.54. The number of hydrogen-bond acceptors (Lipinski definition) is 3. The molecule has 2 aromatic rings. The van der Waals surface area contributed by atoms with Gasteiger partial charge in [0.15, 0.2) is 0 Å². The highest BCUT2D eigenvalue weighted by molar-refractivity contribution is 5.87. The predicted molar refractivity (Wildman–Crippen MR) is 102 cm³/mol. The molecule has 2 rings (SSSR count).